The number of nitrogens with two attached hydrogens (primary N) is 1. The molecule has 0 saturated carbocycles. The lowest BCUT2D eigenvalue weighted by molar-refractivity contribution is 0.0773. The predicted octanol–water partition coefficient (Wildman–Crippen LogP) is 2.89. The van der Waals surface area contributed by atoms with Gasteiger partial charge >= 0.3 is 0 Å². The molecule has 0 bridgehead atoms. The second kappa shape index (κ2) is 9.10. The highest BCUT2D eigenvalue weighted by atomic mass is 35.5. The first kappa shape index (κ1) is 19.7. The zero-order valence-electron chi connectivity index (χ0n) is 13.7. The fraction of sp³-hybridized carbons (Fsp3) is 0.294. The van der Waals surface area contributed by atoms with Gasteiger partial charge in [0.2, 0.25) is 0 Å². The van der Waals surface area contributed by atoms with E-state index in [1.54, 1.807) is 35.2 Å². The van der Waals surface area contributed by atoms with Crippen LogP contribution in [0.2, 0.25) is 0 Å². The lowest BCUT2D eigenvalue weighted by Crippen LogP contribution is -2.30. The number of hydrogen-bond acceptors (Lipinski definition) is 4. The van der Waals surface area contributed by atoms with Gasteiger partial charge in [-0.2, -0.15) is 0 Å². The van der Waals surface area contributed by atoms with Crippen LogP contribution in [0.5, 0.6) is 0 Å². The van der Waals surface area contributed by atoms with Crippen LogP contribution in [0.15, 0.2) is 41.0 Å². The largest absolute Gasteiger partial charge is 0.467 e. The fourth-order valence-electron chi connectivity index (χ4n) is 2.20. The Bertz CT molecular complexity index is 679. The molecule has 2 aromatic rings. The molecule has 0 aliphatic rings. The molecule has 1 aromatic heterocycles. The van der Waals surface area contributed by atoms with Crippen molar-refractivity contribution in [2.45, 2.75) is 20.4 Å². The second-order valence-electron chi connectivity index (χ2n) is 5.01. The normalized spacial score (nSPS) is 9.96. The van der Waals surface area contributed by atoms with Gasteiger partial charge in [-0.25, -0.2) is 0 Å². The summed E-state index contributed by atoms with van der Waals surface area (Å²) in [7, 11) is 0. The average Bonchev–Trinajstić information content (AvgIpc) is 3.06. The molecule has 3 N–H and O–H groups in total. The monoisotopic (exact) mass is 351 g/mol. The van der Waals surface area contributed by atoms with Gasteiger partial charge in [-0.05, 0) is 44.2 Å². The highest BCUT2D eigenvalue weighted by molar-refractivity contribution is 6.04. The van der Waals surface area contributed by atoms with Gasteiger partial charge in [0, 0.05) is 24.3 Å². The second-order valence-corrected chi connectivity index (χ2v) is 5.01. The first-order valence-corrected chi connectivity index (χ1v) is 7.57. The number of nitrogens with one attached hydrogen (secondary N) is 1. The number of halogens is 1. The molecular weight excluding hydrogens is 330 g/mol. The Kier molecular flexibility index (Phi) is 7.48. The molecule has 0 radical (unpaired) electrons. The quantitative estimate of drug-likeness (QED) is 0.837. The Balaban J connectivity index is 0.00000288. The molecule has 24 heavy (non-hydrogen) atoms. The topological polar surface area (TPSA) is 88.6 Å². The molecule has 0 spiro atoms. The van der Waals surface area contributed by atoms with Crippen LogP contribution < -0.4 is 11.1 Å². The number of amides is 2. The van der Waals surface area contributed by atoms with Gasteiger partial charge in [-0.3, -0.25) is 9.59 Å². The minimum Gasteiger partial charge on any atom is -0.467 e. The molecule has 1 heterocycles. The molecule has 2 rings (SSSR count). The summed E-state index contributed by atoms with van der Waals surface area (Å²) in [5.41, 5.74) is 7.07. The minimum absolute atomic E-state index is 0. The Morgan fingerprint density at radius 3 is 2.25 bits per heavy atom. The summed E-state index contributed by atoms with van der Waals surface area (Å²) in [5, 5.41) is 2.75. The third-order valence-electron chi connectivity index (χ3n) is 3.56. The van der Waals surface area contributed by atoms with Crippen molar-refractivity contribution >= 4 is 29.9 Å². The maximum absolute atomic E-state index is 12.2. The Morgan fingerprint density at radius 1 is 1.12 bits per heavy atom. The fourth-order valence-corrected chi connectivity index (χ4v) is 2.20. The summed E-state index contributed by atoms with van der Waals surface area (Å²) in [6.07, 6.45) is 1.37. The van der Waals surface area contributed by atoms with Crippen molar-refractivity contribution in [3.8, 4) is 0 Å². The van der Waals surface area contributed by atoms with Gasteiger partial charge in [0.25, 0.3) is 11.8 Å². The molecule has 0 saturated heterocycles. The third kappa shape index (κ3) is 4.59. The number of rotatable bonds is 6. The Labute approximate surface area is 147 Å². The summed E-state index contributed by atoms with van der Waals surface area (Å²) in [6.45, 7) is 5.46. The molecule has 0 unspecified atom stereocenters. The number of carbonyl (C=O) groups is 2. The van der Waals surface area contributed by atoms with Crippen molar-refractivity contribution in [3.63, 3.8) is 0 Å². The molecule has 0 aliphatic heterocycles. The standard InChI is InChI=1S/C17H21N3O3.ClH/c1-3-20(4-2)17(22)12-5-7-14(8-6-12)19-16(21)13-9-15(10-18)23-11-13;/h5-9,11H,3-4,10,18H2,1-2H3,(H,19,21);1H. The SMILES string of the molecule is CCN(CC)C(=O)c1ccc(NC(=O)c2coc(CN)c2)cc1.Cl. The molecule has 0 atom stereocenters. The van der Waals surface area contributed by atoms with E-state index in [2.05, 4.69) is 5.32 Å². The van der Waals surface area contributed by atoms with Crippen LogP contribution in [0.1, 0.15) is 40.3 Å². The van der Waals surface area contributed by atoms with Crippen molar-refractivity contribution in [1.82, 2.24) is 4.90 Å². The van der Waals surface area contributed by atoms with Crippen molar-refractivity contribution in [2.24, 2.45) is 5.73 Å². The lowest BCUT2D eigenvalue weighted by atomic mass is 10.1. The van der Waals surface area contributed by atoms with Crippen LogP contribution in [-0.4, -0.2) is 29.8 Å². The van der Waals surface area contributed by atoms with E-state index in [1.165, 1.54) is 6.26 Å². The van der Waals surface area contributed by atoms with Crippen molar-refractivity contribution in [3.05, 3.63) is 53.5 Å². The van der Waals surface area contributed by atoms with Crippen LogP contribution in [0.3, 0.4) is 0 Å². The van der Waals surface area contributed by atoms with E-state index in [-0.39, 0.29) is 30.8 Å². The Morgan fingerprint density at radius 2 is 1.75 bits per heavy atom. The van der Waals surface area contributed by atoms with Gasteiger partial charge in [0.1, 0.15) is 12.0 Å². The summed E-state index contributed by atoms with van der Waals surface area (Å²) in [4.78, 5) is 26.0. The predicted molar refractivity (Wildman–Crippen MR) is 95.5 cm³/mol. The van der Waals surface area contributed by atoms with E-state index in [9.17, 15) is 9.59 Å². The molecule has 7 heteroatoms. The van der Waals surface area contributed by atoms with Crippen LogP contribution in [0.4, 0.5) is 5.69 Å². The molecule has 0 fully saturated rings. The van der Waals surface area contributed by atoms with Crippen molar-refractivity contribution in [1.29, 1.82) is 0 Å². The number of hydrogen-bond donors (Lipinski definition) is 2. The lowest BCUT2D eigenvalue weighted by Gasteiger charge is -2.18. The van der Waals surface area contributed by atoms with Crippen molar-refractivity contribution in [2.75, 3.05) is 18.4 Å². The highest BCUT2D eigenvalue weighted by Gasteiger charge is 2.13. The van der Waals surface area contributed by atoms with Gasteiger partial charge in [-0.1, -0.05) is 0 Å². The van der Waals surface area contributed by atoms with E-state index >= 15 is 0 Å². The third-order valence-corrected chi connectivity index (χ3v) is 3.56. The molecule has 0 aliphatic carbocycles. The van der Waals surface area contributed by atoms with Gasteiger partial charge in [-0.15, -0.1) is 12.4 Å². The van der Waals surface area contributed by atoms with E-state index in [0.717, 1.165) is 0 Å². The van der Waals surface area contributed by atoms with Gasteiger partial charge in [0.15, 0.2) is 0 Å². The zero-order chi connectivity index (χ0) is 16.8. The number of anilines is 1. The number of carbonyl (C=O) groups excluding carboxylic acids is 2. The highest BCUT2D eigenvalue weighted by Crippen LogP contribution is 2.14. The van der Waals surface area contributed by atoms with E-state index in [1.807, 2.05) is 13.8 Å². The first-order chi connectivity index (χ1) is 11.1. The van der Waals surface area contributed by atoms with Crippen LogP contribution in [0.25, 0.3) is 0 Å². The van der Waals surface area contributed by atoms with Crippen LogP contribution in [0, 0.1) is 0 Å². The molecule has 6 nitrogen and oxygen atoms in total. The van der Waals surface area contributed by atoms with Crippen LogP contribution >= 0.6 is 12.4 Å². The molecule has 2 amide bonds. The number of furan rings is 1. The maximum Gasteiger partial charge on any atom is 0.258 e. The van der Waals surface area contributed by atoms with Gasteiger partial charge < -0.3 is 20.4 Å². The molecule has 1 aromatic carbocycles. The summed E-state index contributed by atoms with van der Waals surface area (Å²) in [6, 6.07) is 8.43. The minimum atomic E-state index is -0.281. The molecule has 130 valence electrons. The van der Waals surface area contributed by atoms with Crippen molar-refractivity contribution < 1.29 is 14.0 Å². The first-order valence-electron chi connectivity index (χ1n) is 7.57. The maximum atomic E-state index is 12.2. The van der Waals surface area contributed by atoms with E-state index in [4.69, 9.17) is 10.2 Å². The summed E-state index contributed by atoms with van der Waals surface area (Å²) < 4.78 is 5.14. The molecular formula is C17H22ClN3O3. The summed E-state index contributed by atoms with van der Waals surface area (Å²) >= 11 is 0. The Hall–Kier alpha value is -2.31. The van der Waals surface area contributed by atoms with E-state index < -0.39 is 0 Å². The van der Waals surface area contributed by atoms with Gasteiger partial charge in [0.05, 0.1) is 12.1 Å². The zero-order valence-corrected chi connectivity index (χ0v) is 14.6. The van der Waals surface area contributed by atoms with Crippen LogP contribution in [-0.2, 0) is 6.54 Å². The number of benzene rings is 1. The number of nitrogens with zero attached hydrogens (tertiary/aromatic N) is 1. The summed E-state index contributed by atoms with van der Waals surface area (Å²) in [5.74, 6) is 0.252. The smallest absolute Gasteiger partial charge is 0.258 e. The average molecular weight is 352 g/mol. The van der Waals surface area contributed by atoms with E-state index in [0.29, 0.717) is 35.7 Å².